The van der Waals surface area contributed by atoms with Gasteiger partial charge in [0.1, 0.15) is 0 Å². The van der Waals surface area contributed by atoms with E-state index in [1.807, 2.05) is 20.3 Å². The smallest absolute Gasteiger partial charge is 0.225 e. The van der Waals surface area contributed by atoms with Crippen LogP contribution in [0.2, 0.25) is 0 Å². The Kier molecular flexibility index (Phi) is 4.01. The zero-order chi connectivity index (χ0) is 13.1. The lowest BCUT2D eigenvalue weighted by molar-refractivity contribution is -0.135. The van der Waals surface area contributed by atoms with Crippen LogP contribution in [0, 0.1) is 5.92 Å². The summed E-state index contributed by atoms with van der Waals surface area (Å²) in [5.41, 5.74) is 7.00. The molecular formula is C13H22N4O. The van der Waals surface area contributed by atoms with Gasteiger partial charge in [0.2, 0.25) is 5.91 Å². The molecule has 2 atom stereocenters. The molecule has 0 bridgehead atoms. The van der Waals surface area contributed by atoms with Crippen molar-refractivity contribution >= 4 is 5.91 Å². The lowest BCUT2D eigenvalue weighted by Crippen LogP contribution is -2.38. The first-order valence-electron chi connectivity index (χ1n) is 6.54. The number of carbonyl (C=O) groups excluding carboxylic acids is 1. The zero-order valence-corrected chi connectivity index (χ0v) is 11.2. The van der Waals surface area contributed by atoms with Crippen LogP contribution in [-0.4, -0.2) is 33.7 Å². The summed E-state index contributed by atoms with van der Waals surface area (Å²) in [7, 11) is 3.74. The topological polar surface area (TPSA) is 64.2 Å². The number of aromatic nitrogens is 2. The van der Waals surface area contributed by atoms with Gasteiger partial charge in [0.15, 0.2) is 0 Å². The molecule has 2 N–H and O–H groups in total. The molecule has 2 unspecified atom stereocenters. The van der Waals surface area contributed by atoms with Crippen molar-refractivity contribution in [2.75, 3.05) is 7.05 Å². The average Bonchev–Trinajstić information content (AvgIpc) is 2.73. The van der Waals surface area contributed by atoms with Crippen molar-refractivity contribution in [1.82, 2.24) is 14.7 Å². The molecule has 1 amide bonds. The highest BCUT2D eigenvalue weighted by Gasteiger charge is 2.27. The van der Waals surface area contributed by atoms with E-state index in [1.165, 1.54) is 0 Å². The van der Waals surface area contributed by atoms with Crippen LogP contribution in [0.3, 0.4) is 0 Å². The zero-order valence-electron chi connectivity index (χ0n) is 11.2. The molecule has 1 aliphatic carbocycles. The third-order valence-corrected chi connectivity index (χ3v) is 3.62. The summed E-state index contributed by atoms with van der Waals surface area (Å²) >= 11 is 0. The van der Waals surface area contributed by atoms with E-state index in [0.717, 1.165) is 31.2 Å². The molecule has 1 heterocycles. The number of amides is 1. The highest BCUT2D eigenvalue weighted by atomic mass is 16.2. The van der Waals surface area contributed by atoms with Crippen LogP contribution in [0.4, 0.5) is 0 Å². The molecule has 1 saturated carbocycles. The predicted octanol–water partition coefficient (Wildman–Crippen LogP) is 0.896. The number of hydrogen-bond donors (Lipinski definition) is 1. The average molecular weight is 250 g/mol. The summed E-state index contributed by atoms with van der Waals surface area (Å²) in [6, 6.07) is 0.194. The van der Waals surface area contributed by atoms with E-state index < -0.39 is 0 Å². The molecule has 1 aliphatic rings. The van der Waals surface area contributed by atoms with E-state index in [-0.39, 0.29) is 17.9 Å². The normalized spacial score (nSPS) is 23.9. The van der Waals surface area contributed by atoms with Gasteiger partial charge in [-0.05, 0) is 19.3 Å². The Labute approximate surface area is 108 Å². The minimum Gasteiger partial charge on any atom is -0.341 e. The minimum atomic E-state index is 0.107. The number of nitrogens with zero attached hydrogens (tertiary/aromatic N) is 3. The van der Waals surface area contributed by atoms with Gasteiger partial charge in [-0.25, -0.2) is 0 Å². The largest absolute Gasteiger partial charge is 0.341 e. The molecule has 18 heavy (non-hydrogen) atoms. The van der Waals surface area contributed by atoms with Crippen molar-refractivity contribution in [3.05, 3.63) is 18.0 Å². The maximum absolute atomic E-state index is 12.3. The van der Waals surface area contributed by atoms with Crippen LogP contribution in [0.15, 0.2) is 12.4 Å². The van der Waals surface area contributed by atoms with Crippen molar-refractivity contribution < 1.29 is 4.79 Å². The van der Waals surface area contributed by atoms with Gasteiger partial charge < -0.3 is 10.6 Å². The third kappa shape index (κ3) is 3.10. The van der Waals surface area contributed by atoms with Crippen LogP contribution < -0.4 is 5.73 Å². The van der Waals surface area contributed by atoms with Crippen molar-refractivity contribution in [3.8, 4) is 0 Å². The van der Waals surface area contributed by atoms with Gasteiger partial charge in [-0.2, -0.15) is 5.10 Å². The van der Waals surface area contributed by atoms with Crippen molar-refractivity contribution in [3.63, 3.8) is 0 Å². The highest BCUT2D eigenvalue weighted by molar-refractivity contribution is 5.78. The van der Waals surface area contributed by atoms with Crippen LogP contribution in [-0.2, 0) is 18.4 Å². The molecule has 1 aromatic heterocycles. The fourth-order valence-electron chi connectivity index (χ4n) is 2.67. The van der Waals surface area contributed by atoms with Crippen LogP contribution in [0.25, 0.3) is 0 Å². The number of rotatable bonds is 3. The molecule has 0 aliphatic heterocycles. The summed E-state index contributed by atoms with van der Waals surface area (Å²) in [6.45, 7) is 0.623. The standard InChI is InChI=1S/C13H22N4O/c1-16(8-10-7-15-17(2)9-10)13(18)11-4-3-5-12(14)6-11/h7,9,11-12H,3-6,8,14H2,1-2H3. The van der Waals surface area contributed by atoms with Crippen LogP contribution >= 0.6 is 0 Å². The van der Waals surface area contributed by atoms with Gasteiger partial charge in [0, 0.05) is 44.4 Å². The van der Waals surface area contributed by atoms with E-state index >= 15 is 0 Å². The minimum absolute atomic E-state index is 0.107. The first-order chi connectivity index (χ1) is 8.56. The lowest BCUT2D eigenvalue weighted by Gasteiger charge is -2.29. The summed E-state index contributed by atoms with van der Waals surface area (Å²) < 4.78 is 1.75. The number of hydrogen-bond acceptors (Lipinski definition) is 3. The first-order valence-corrected chi connectivity index (χ1v) is 6.54. The molecule has 2 rings (SSSR count). The van der Waals surface area contributed by atoms with Gasteiger partial charge in [-0.3, -0.25) is 9.48 Å². The molecule has 0 aromatic carbocycles. The highest BCUT2D eigenvalue weighted by Crippen LogP contribution is 2.25. The second-order valence-electron chi connectivity index (χ2n) is 5.34. The molecule has 5 nitrogen and oxygen atoms in total. The Balaban J connectivity index is 1.91. The molecule has 0 saturated heterocycles. The predicted molar refractivity (Wildman–Crippen MR) is 69.6 cm³/mol. The summed E-state index contributed by atoms with van der Waals surface area (Å²) in [5.74, 6) is 0.324. The molecule has 5 heteroatoms. The monoisotopic (exact) mass is 250 g/mol. The summed E-state index contributed by atoms with van der Waals surface area (Å²) in [5, 5.41) is 4.11. The molecule has 0 radical (unpaired) electrons. The van der Waals surface area contributed by atoms with Crippen molar-refractivity contribution in [2.24, 2.45) is 18.7 Å². The Morgan fingerprint density at radius 3 is 3.00 bits per heavy atom. The van der Waals surface area contributed by atoms with E-state index in [2.05, 4.69) is 5.10 Å². The maximum Gasteiger partial charge on any atom is 0.225 e. The number of aryl methyl sites for hydroxylation is 1. The SMILES string of the molecule is CN(Cc1cnn(C)c1)C(=O)C1CCCC(N)C1. The van der Waals surface area contributed by atoms with Crippen molar-refractivity contribution in [2.45, 2.75) is 38.3 Å². The third-order valence-electron chi connectivity index (χ3n) is 3.62. The van der Waals surface area contributed by atoms with Crippen molar-refractivity contribution in [1.29, 1.82) is 0 Å². The van der Waals surface area contributed by atoms with Gasteiger partial charge in [0.05, 0.1) is 6.20 Å². The number of carbonyl (C=O) groups is 1. The summed E-state index contributed by atoms with van der Waals surface area (Å²) in [6.07, 6.45) is 7.67. The molecule has 100 valence electrons. The van der Waals surface area contributed by atoms with Gasteiger partial charge in [-0.15, -0.1) is 0 Å². The number of nitrogens with two attached hydrogens (primary N) is 1. The fraction of sp³-hybridized carbons (Fsp3) is 0.692. The summed E-state index contributed by atoms with van der Waals surface area (Å²) in [4.78, 5) is 14.1. The molecule has 1 aromatic rings. The fourth-order valence-corrected chi connectivity index (χ4v) is 2.67. The van der Waals surface area contributed by atoms with Gasteiger partial charge in [-0.1, -0.05) is 6.42 Å². The maximum atomic E-state index is 12.3. The second kappa shape index (κ2) is 5.52. The Bertz CT molecular complexity index is 415. The Hall–Kier alpha value is -1.36. The van der Waals surface area contributed by atoms with E-state index in [0.29, 0.717) is 6.54 Å². The van der Waals surface area contributed by atoms with E-state index in [4.69, 9.17) is 5.73 Å². The molecule has 0 spiro atoms. The van der Waals surface area contributed by atoms with E-state index in [9.17, 15) is 4.79 Å². The first kappa shape index (κ1) is 13.1. The van der Waals surface area contributed by atoms with E-state index in [1.54, 1.807) is 15.8 Å². The Morgan fingerprint density at radius 1 is 1.61 bits per heavy atom. The second-order valence-corrected chi connectivity index (χ2v) is 5.34. The molecular weight excluding hydrogens is 228 g/mol. The quantitative estimate of drug-likeness (QED) is 0.866. The molecule has 1 fully saturated rings. The van der Waals surface area contributed by atoms with Gasteiger partial charge >= 0.3 is 0 Å². The lowest BCUT2D eigenvalue weighted by atomic mass is 9.85. The van der Waals surface area contributed by atoms with Gasteiger partial charge in [0.25, 0.3) is 0 Å². The van der Waals surface area contributed by atoms with Crippen LogP contribution in [0.5, 0.6) is 0 Å². The van der Waals surface area contributed by atoms with Crippen LogP contribution in [0.1, 0.15) is 31.2 Å². The Morgan fingerprint density at radius 2 is 2.39 bits per heavy atom.